The number of hydrogen-bond acceptors (Lipinski definition) is 8. The summed E-state index contributed by atoms with van der Waals surface area (Å²) in [5, 5.41) is 14.2. The molecular formula is C14H19N3O6S. The van der Waals surface area contributed by atoms with Crippen LogP contribution in [0.4, 0.5) is 17.1 Å². The van der Waals surface area contributed by atoms with E-state index in [-0.39, 0.29) is 42.1 Å². The second-order valence-electron chi connectivity index (χ2n) is 4.91. The molecule has 24 heavy (non-hydrogen) atoms. The first-order valence-corrected chi connectivity index (χ1v) is 8.42. The fourth-order valence-corrected chi connectivity index (χ4v) is 2.44. The van der Waals surface area contributed by atoms with E-state index in [1.54, 1.807) is 6.92 Å². The van der Waals surface area contributed by atoms with E-state index in [0.717, 1.165) is 12.5 Å². The smallest absolute Gasteiger partial charge is 0.316 e. The lowest BCUT2D eigenvalue weighted by Crippen LogP contribution is -2.24. The van der Waals surface area contributed by atoms with E-state index in [2.05, 4.69) is 9.68 Å². The molecule has 0 spiro atoms. The molecule has 1 rings (SSSR count). The quantitative estimate of drug-likeness (QED) is 0.409. The van der Waals surface area contributed by atoms with E-state index in [4.69, 9.17) is 4.74 Å². The summed E-state index contributed by atoms with van der Waals surface area (Å²) in [6.45, 7) is 3.90. The maximum Gasteiger partial charge on any atom is 0.316 e. The number of carbonyl (C=O) groups is 1. The van der Waals surface area contributed by atoms with Crippen molar-refractivity contribution in [3.05, 3.63) is 28.3 Å². The number of hydrogen-bond donors (Lipinski definition) is 1. The van der Waals surface area contributed by atoms with Crippen molar-refractivity contribution in [2.75, 3.05) is 11.9 Å². The molecule has 0 aliphatic rings. The molecule has 10 heteroatoms. The molecule has 1 atom stereocenters. The Labute approximate surface area is 140 Å². The number of ether oxygens (including phenoxy) is 1. The zero-order valence-electron chi connectivity index (χ0n) is 13.4. The largest absolute Gasteiger partial charge is 0.466 e. The number of carbonyl (C=O) groups excluding carboxylic acids is 1. The number of rotatable bonds is 9. The highest BCUT2D eigenvalue weighted by molar-refractivity contribution is 7.61. The summed E-state index contributed by atoms with van der Waals surface area (Å²) in [4.78, 5) is 22.2. The van der Waals surface area contributed by atoms with Gasteiger partial charge in [0, 0.05) is 12.1 Å². The Morgan fingerprint density at radius 3 is 2.67 bits per heavy atom. The topological polar surface area (TPSA) is 128 Å². The van der Waals surface area contributed by atoms with Crippen molar-refractivity contribution in [1.82, 2.24) is 0 Å². The highest BCUT2D eigenvalue weighted by atomic mass is 32.2. The van der Waals surface area contributed by atoms with Crippen molar-refractivity contribution in [3.8, 4) is 0 Å². The first-order valence-electron chi connectivity index (χ1n) is 7.39. The number of anilines is 1. The van der Waals surface area contributed by atoms with Crippen LogP contribution >= 0.6 is 0 Å². The Hall–Kier alpha value is -2.49. The molecule has 0 aliphatic carbocycles. The third-order valence-corrected chi connectivity index (χ3v) is 3.43. The standard InChI is InChI=1S/C14H19N3O6S/c1-3-5-10(9-14(18)23-4-2)15-12-7-6-11(16-24(21)22)8-13(12)17(19)20/h6-8,10,15H,3-5,9H2,1-2H3. The fourth-order valence-electron chi connectivity index (χ4n) is 2.15. The molecule has 1 unspecified atom stereocenters. The Morgan fingerprint density at radius 2 is 2.12 bits per heavy atom. The SMILES string of the molecule is CCCC(CC(=O)OCC)Nc1ccc(N=S(=O)=O)cc1[N+](=O)[O-]. The van der Waals surface area contributed by atoms with Gasteiger partial charge in [0.15, 0.2) is 0 Å². The monoisotopic (exact) mass is 357 g/mol. The summed E-state index contributed by atoms with van der Waals surface area (Å²) in [6.07, 6.45) is 1.47. The van der Waals surface area contributed by atoms with Crippen LogP contribution in [-0.4, -0.2) is 32.0 Å². The third kappa shape index (κ3) is 6.32. The predicted molar refractivity (Wildman–Crippen MR) is 87.7 cm³/mol. The summed E-state index contributed by atoms with van der Waals surface area (Å²) in [5.74, 6) is -0.389. The molecule has 0 saturated heterocycles. The van der Waals surface area contributed by atoms with Crippen molar-refractivity contribution in [1.29, 1.82) is 0 Å². The van der Waals surface area contributed by atoms with E-state index in [9.17, 15) is 23.3 Å². The highest BCUT2D eigenvalue weighted by Gasteiger charge is 2.20. The lowest BCUT2D eigenvalue weighted by Gasteiger charge is -2.18. The van der Waals surface area contributed by atoms with Crippen molar-refractivity contribution >= 4 is 33.5 Å². The maximum atomic E-state index is 11.6. The van der Waals surface area contributed by atoms with Crippen LogP contribution in [0.5, 0.6) is 0 Å². The second-order valence-corrected chi connectivity index (χ2v) is 5.52. The zero-order chi connectivity index (χ0) is 18.1. The van der Waals surface area contributed by atoms with E-state index in [1.165, 1.54) is 12.1 Å². The van der Waals surface area contributed by atoms with Gasteiger partial charge in [-0.25, -0.2) is 0 Å². The van der Waals surface area contributed by atoms with Gasteiger partial charge in [0.25, 0.3) is 5.69 Å². The number of nitro groups is 1. The molecule has 0 bridgehead atoms. The number of benzene rings is 1. The zero-order valence-corrected chi connectivity index (χ0v) is 14.2. The molecule has 0 amide bonds. The molecule has 0 fully saturated rings. The molecule has 1 N–H and O–H groups in total. The molecule has 0 radical (unpaired) electrons. The van der Waals surface area contributed by atoms with Crippen molar-refractivity contribution in [2.45, 2.75) is 39.2 Å². The molecule has 0 aliphatic heterocycles. The highest BCUT2D eigenvalue weighted by Crippen LogP contribution is 2.30. The van der Waals surface area contributed by atoms with Gasteiger partial charge in [-0.1, -0.05) is 13.3 Å². The van der Waals surface area contributed by atoms with Crippen LogP contribution in [0.15, 0.2) is 22.6 Å². The molecule has 0 aromatic heterocycles. The molecule has 0 saturated carbocycles. The van der Waals surface area contributed by atoms with Gasteiger partial charge < -0.3 is 10.1 Å². The molecule has 132 valence electrons. The van der Waals surface area contributed by atoms with Crippen molar-refractivity contribution in [3.63, 3.8) is 0 Å². The summed E-state index contributed by atoms with van der Waals surface area (Å²) in [5.41, 5.74) is -0.164. The van der Waals surface area contributed by atoms with Crippen molar-refractivity contribution < 1.29 is 22.9 Å². The van der Waals surface area contributed by atoms with Crippen LogP contribution in [0, 0.1) is 10.1 Å². The Bertz CT molecular complexity index is 724. The first-order chi connectivity index (χ1) is 11.4. The number of nitro benzene ring substituents is 1. The Balaban J connectivity index is 3.07. The van der Waals surface area contributed by atoms with Crippen LogP contribution in [0.3, 0.4) is 0 Å². The van der Waals surface area contributed by atoms with E-state index < -0.39 is 15.4 Å². The first kappa shape index (κ1) is 19.6. The average molecular weight is 357 g/mol. The van der Waals surface area contributed by atoms with Crippen LogP contribution in [0.25, 0.3) is 0 Å². The Kier molecular flexibility index (Phi) is 7.83. The summed E-state index contributed by atoms with van der Waals surface area (Å²) >= 11 is 0. The van der Waals surface area contributed by atoms with Gasteiger partial charge in [0.2, 0.25) is 0 Å². The molecule has 1 aromatic rings. The normalized spacial score (nSPS) is 11.4. The molecule has 9 nitrogen and oxygen atoms in total. The minimum atomic E-state index is -2.70. The van der Waals surface area contributed by atoms with Gasteiger partial charge in [-0.15, -0.1) is 4.36 Å². The van der Waals surface area contributed by atoms with Crippen LogP contribution in [0.2, 0.25) is 0 Å². The van der Waals surface area contributed by atoms with Gasteiger partial charge in [-0.3, -0.25) is 14.9 Å². The Morgan fingerprint density at radius 1 is 1.42 bits per heavy atom. The van der Waals surface area contributed by atoms with Crippen molar-refractivity contribution in [2.24, 2.45) is 4.36 Å². The summed E-state index contributed by atoms with van der Waals surface area (Å²) in [7, 11) is -2.70. The number of nitrogens with zero attached hydrogens (tertiary/aromatic N) is 2. The molecule has 1 aromatic carbocycles. The molecular weight excluding hydrogens is 338 g/mol. The fraction of sp³-hybridized carbons (Fsp3) is 0.500. The van der Waals surface area contributed by atoms with Gasteiger partial charge >= 0.3 is 16.5 Å². The number of nitrogens with one attached hydrogen (secondary N) is 1. The number of esters is 1. The van der Waals surface area contributed by atoms with Crippen LogP contribution in [-0.2, 0) is 20.0 Å². The van der Waals surface area contributed by atoms with Gasteiger partial charge in [-0.05, 0) is 25.5 Å². The second kappa shape index (κ2) is 9.60. The van der Waals surface area contributed by atoms with E-state index in [1.807, 2.05) is 6.92 Å². The minimum absolute atomic E-state index is 0.0435. The van der Waals surface area contributed by atoms with Gasteiger partial charge in [-0.2, -0.15) is 8.42 Å². The average Bonchev–Trinajstić information content (AvgIpc) is 2.48. The van der Waals surface area contributed by atoms with Gasteiger partial charge in [0.1, 0.15) is 5.69 Å². The summed E-state index contributed by atoms with van der Waals surface area (Å²) in [6, 6.07) is 3.45. The lowest BCUT2D eigenvalue weighted by molar-refractivity contribution is -0.383. The van der Waals surface area contributed by atoms with Crippen LogP contribution < -0.4 is 5.32 Å². The van der Waals surface area contributed by atoms with E-state index >= 15 is 0 Å². The predicted octanol–water partition coefficient (Wildman–Crippen LogP) is 2.82. The third-order valence-electron chi connectivity index (χ3n) is 3.07. The molecule has 0 heterocycles. The minimum Gasteiger partial charge on any atom is -0.466 e. The van der Waals surface area contributed by atoms with E-state index in [0.29, 0.717) is 6.42 Å². The maximum absolute atomic E-state index is 11.6. The van der Waals surface area contributed by atoms with Gasteiger partial charge in [0.05, 0.1) is 23.6 Å². The van der Waals surface area contributed by atoms with Crippen LogP contribution in [0.1, 0.15) is 33.1 Å². The summed E-state index contributed by atoms with van der Waals surface area (Å²) < 4.78 is 29.3. The lowest BCUT2D eigenvalue weighted by atomic mass is 10.1.